The Morgan fingerprint density at radius 1 is 1.60 bits per heavy atom. The smallest absolute Gasteiger partial charge is 0.172 e. The van der Waals surface area contributed by atoms with E-state index in [4.69, 9.17) is 4.74 Å². The molecule has 0 spiro atoms. The molecule has 0 amide bonds. The SMILES string of the molecule is CCC(=O)C(C)Oc1ccc(Br)cc1F. The van der Waals surface area contributed by atoms with Crippen molar-refractivity contribution in [3.05, 3.63) is 28.5 Å². The molecule has 0 saturated heterocycles. The van der Waals surface area contributed by atoms with Crippen molar-refractivity contribution in [3.8, 4) is 5.75 Å². The molecule has 1 unspecified atom stereocenters. The molecule has 0 aliphatic heterocycles. The standard InChI is InChI=1S/C11H12BrFO2/c1-3-10(14)7(2)15-11-5-4-8(12)6-9(11)13/h4-7H,3H2,1-2H3. The Morgan fingerprint density at radius 3 is 2.80 bits per heavy atom. The number of halogens is 2. The van der Waals surface area contributed by atoms with E-state index in [0.29, 0.717) is 10.9 Å². The Bertz CT molecular complexity index is 366. The van der Waals surface area contributed by atoms with Gasteiger partial charge >= 0.3 is 0 Å². The molecule has 0 aliphatic carbocycles. The van der Waals surface area contributed by atoms with Gasteiger partial charge in [-0.25, -0.2) is 4.39 Å². The molecular weight excluding hydrogens is 263 g/mol. The van der Waals surface area contributed by atoms with Crippen molar-refractivity contribution < 1.29 is 13.9 Å². The van der Waals surface area contributed by atoms with Crippen molar-refractivity contribution in [2.24, 2.45) is 0 Å². The van der Waals surface area contributed by atoms with Crippen LogP contribution < -0.4 is 4.74 Å². The number of rotatable bonds is 4. The average molecular weight is 275 g/mol. The molecule has 2 nitrogen and oxygen atoms in total. The maximum Gasteiger partial charge on any atom is 0.172 e. The molecule has 15 heavy (non-hydrogen) atoms. The van der Waals surface area contributed by atoms with Crippen LogP contribution in [0.4, 0.5) is 4.39 Å². The fraction of sp³-hybridized carbons (Fsp3) is 0.364. The number of hydrogen-bond acceptors (Lipinski definition) is 2. The van der Waals surface area contributed by atoms with Crippen molar-refractivity contribution in [2.45, 2.75) is 26.4 Å². The van der Waals surface area contributed by atoms with Crippen molar-refractivity contribution in [1.82, 2.24) is 0 Å². The van der Waals surface area contributed by atoms with E-state index in [2.05, 4.69) is 15.9 Å². The van der Waals surface area contributed by atoms with Gasteiger partial charge in [-0.2, -0.15) is 0 Å². The minimum atomic E-state index is -0.606. The maximum atomic E-state index is 13.3. The Kier molecular flexibility index (Phi) is 4.27. The lowest BCUT2D eigenvalue weighted by molar-refractivity contribution is -0.124. The second kappa shape index (κ2) is 5.26. The number of carbonyl (C=O) groups is 1. The topological polar surface area (TPSA) is 26.3 Å². The fourth-order valence-electron chi connectivity index (χ4n) is 1.11. The van der Waals surface area contributed by atoms with Gasteiger partial charge < -0.3 is 4.74 Å². The molecule has 0 aromatic heterocycles. The molecule has 0 aliphatic rings. The van der Waals surface area contributed by atoms with E-state index in [9.17, 15) is 9.18 Å². The van der Waals surface area contributed by atoms with E-state index in [1.165, 1.54) is 12.1 Å². The largest absolute Gasteiger partial charge is 0.480 e. The van der Waals surface area contributed by atoms with E-state index in [0.717, 1.165) is 0 Å². The Hall–Kier alpha value is -0.900. The van der Waals surface area contributed by atoms with Crippen molar-refractivity contribution in [3.63, 3.8) is 0 Å². The van der Waals surface area contributed by atoms with Crippen molar-refractivity contribution in [2.75, 3.05) is 0 Å². The average Bonchev–Trinajstić information content (AvgIpc) is 2.20. The summed E-state index contributed by atoms with van der Waals surface area (Å²) >= 11 is 3.14. The first kappa shape index (κ1) is 12.2. The molecule has 0 radical (unpaired) electrons. The highest BCUT2D eigenvalue weighted by Gasteiger charge is 2.14. The predicted octanol–water partition coefficient (Wildman–Crippen LogP) is 3.33. The monoisotopic (exact) mass is 274 g/mol. The number of ketones is 1. The van der Waals surface area contributed by atoms with Gasteiger partial charge in [0.25, 0.3) is 0 Å². The van der Waals surface area contributed by atoms with Crippen molar-refractivity contribution in [1.29, 1.82) is 0 Å². The lowest BCUT2D eigenvalue weighted by Crippen LogP contribution is -2.23. The first-order valence-electron chi connectivity index (χ1n) is 4.69. The molecule has 0 N–H and O–H groups in total. The summed E-state index contributed by atoms with van der Waals surface area (Å²) in [5, 5.41) is 0. The Labute approximate surface area is 96.6 Å². The van der Waals surface area contributed by atoms with Gasteiger partial charge in [0, 0.05) is 10.9 Å². The number of Topliss-reactive ketones (excluding diaryl/α,β-unsaturated/α-hetero) is 1. The van der Waals surface area contributed by atoms with Gasteiger partial charge in [-0.05, 0) is 25.1 Å². The summed E-state index contributed by atoms with van der Waals surface area (Å²) in [5.41, 5.74) is 0. The van der Waals surface area contributed by atoms with Gasteiger partial charge in [-0.15, -0.1) is 0 Å². The molecule has 1 aromatic rings. The highest BCUT2D eigenvalue weighted by Crippen LogP contribution is 2.22. The third-order valence-corrected chi connectivity index (χ3v) is 2.49. The third-order valence-electron chi connectivity index (χ3n) is 2.00. The fourth-order valence-corrected chi connectivity index (χ4v) is 1.45. The van der Waals surface area contributed by atoms with Gasteiger partial charge in [-0.1, -0.05) is 22.9 Å². The van der Waals surface area contributed by atoms with Crippen LogP contribution in [0, 0.1) is 5.82 Å². The van der Waals surface area contributed by atoms with Crippen LogP contribution in [0.15, 0.2) is 22.7 Å². The number of hydrogen-bond donors (Lipinski definition) is 0. The molecular formula is C11H12BrFO2. The van der Waals surface area contributed by atoms with Crippen molar-refractivity contribution >= 4 is 21.7 Å². The van der Waals surface area contributed by atoms with E-state index in [1.54, 1.807) is 19.9 Å². The molecule has 0 saturated carbocycles. The van der Waals surface area contributed by atoms with Crippen LogP contribution in [0.25, 0.3) is 0 Å². The summed E-state index contributed by atoms with van der Waals surface area (Å²) in [6.07, 6.45) is -0.218. The molecule has 1 rings (SSSR count). The number of benzene rings is 1. The number of ether oxygens (including phenoxy) is 1. The molecule has 1 aromatic carbocycles. The van der Waals surface area contributed by atoms with Crippen LogP contribution in [0.1, 0.15) is 20.3 Å². The summed E-state index contributed by atoms with van der Waals surface area (Å²) in [7, 11) is 0. The summed E-state index contributed by atoms with van der Waals surface area (Å²) in [4.78, 5) is 11.2. The first-order chi connectivity index (χ1) is 7.04. The van der Waals surface area contributed by atoms with Gasteiger partial charge in [0.2, 0.25) is 0 Å². The lowest BCUT2D eigenvalue weighted by Gasteiger charge is -2.13. The molecule has 4 heteroatoms. The molecule has 0 bridgehead atoms. The second-order valence-corrected chi connectivity index (χ2v) is 4.07. The van der Waals surface area contributed by atoms with Crippen LogP contribution in [0.5, 0.6) is 5.75 Å². The summed E-state index contributed by atoms with van der Waals surface area (Å²) < 4.78 is 19.2. The molecule has 82 valence electrons. The lowest BCUT2D eigenvalue weighted by atomic mass is 10.2. The maximum absolute atomic E-state index is 13.3. The van der Waals surface area contributed by atoms with Gasteiger partial charge in [0.15, 0.2) is 23.5 Å². The van der Waals surface area contributed by atoms with Gasteiger partial charge in [-0.3, -0.25) is 4.79 Å². The van der Waals surface area contributed by atoms with E-state index >= 15 is 0 Å². The summed E-state index contributed by atoms with van der Waals surface area (Å²) in [6, 6.07) is 4.47. The Morgan fingerprint density at radius 2 is 2.27 bits per heavy atom. The van der Waals surface area contributed by atoms with E-state index < -0.39 is 11.9 Å². The zero-order valence-electron chi connectivity index (χ0n) is 8.59. The zero-order valence-corrected chi connectivity index (χ0v) is 10.2. The highest BCUT2D eigenvalue weighted by molar-refractivity contribution is 9.10. The number of carbonyl (C=O) groups excluding carboxylic acids is 1. The highest BCUT2D eigenvalue weighted by atomic mass is 79.9. The normalized spacial score (nSPS) is 12.3. The summed E-state index contributed by atoms with van der Waals surface area (Å²) in [5.74, 6) is -0.412. The van der Waals surface area contributed by atoms with Crippen LogP contribution in [0.3, 0.4) is 0 Å². The summed E-state index contributed by atoms with van der Waals surface area (Å²) in [6.45, 7) is 3.37. The van der Waals surface area contributed by atoms with E-state index in [-0.39, 0.29) is 11.5 Å². The van der Waals surface area contributed by atoms with Gasteiger partial charge in [0.05, 0.1) is 0 Å². The molecule has 1 atom stereocenters. The molecule has 0 fully saturated rings. The second-order valence-electron chi connectivity index (χ2n) is 3.15. The Balaban J connectivity index is 2.76. The van der Waals surface area contributed by atoms with Crippen LogP contribution in [0.2, 0.25) is 0 Å². The van der Waals surface area contributed by atoms with E-state index in [1.807, 2.05) is 0 Å². The zero-order chi connectivity index (χ0) is 11.4. The van der Waals surface area contributed by atoms with Gasteiger partial charge in [0.1, 0.15) is 0 Å². The quantitative estimate of drug-likeness (QED) is 0.842. The van der Waals surface area contributed by atoms with Crippen LogP contribution >= 0.6 is 15.9 Å². The minimum Gasteiger partial charge on any atom is -0.480 e. The minimum absolute atomic E-state index is 0.0441. The van der Waals surface area contributed by atoms with Crippen LogP contribution in [-0.2, 0) is 4.79 Å². The van der Waals surface area contributed by atoms with Crippen LogP contribution in [-0.4, -0.2) is 11.9 Å². The first-order valence-corrected chi connectivity index (χ1v) is 5.48. The third kappa shape index (κ3) is 3.30. The predicted molar refractivity (Wildman–Crippen MR) is 59.5 cm³/mol. The molecule has 0 heterocycles.